The molecule has 0 bridgehead atoms. The lowest BCUT2D eigenvalue weighted by molar-refractivity contribution is 0.294. The fraction of sp³-hybridized carbons (Fsp3) is 0.154. The van der Waals surface area contributed by atoms with Crippen molar-refractivity contribution in [1.82, 2.24) is 19.7 Å². The number of hydrogen-bond acceptors (Lipinski definition) is 4. The Labute approximate surface area is 129 Å². The first-order chi connectivity index (χ1) is 10.0. The SMILES string of the molecule is Cn1ncc2c(Cl)nc(COc3ccc(Cl)c(F)c3)nc21. The van der Waals surface area contributed by atoms with Crippen molar-refractivity contribution < 1.29 is 9.13 Å². The van der Waals surface area contributed by atoms with Gasteiger partial charge in [0, 0.05) is 13.1 Å². The average molecular weight is 327 g/mol. The van der Waals surface area contributed by atoms with E-state index in [1.54, 1.807) is 24.0 Å². The normalized spacial score (nSPS) is 11.0. The molecule has 0 amide bonds. The summed E-state index contributed by atoms with van der Waals surface area (Å²) in [4.78, 5) is 8.44. The Morgan fingerprint density at radius 2 is 2.10 bits per heavy atom. The van der Waals surface area contributed by atoms with E-state index in [1.807, 2.05) is 0 Å². The molecular weight excluding hydrogens is 318 g/mol. The lowest BCUT2D eigenvalue weighted by atomic mass is 10.3. The Balaban J connectivity index is 1.84. The van der Waals surface area contributed by atoms with Gasteiger partial charge in [-0.15, -0.1) is 0 Å². The van der Waals surface area contributed by atoms with Crippen LogP contribution in [-0.4, -0.2) is 19.7 Å². The molecule has 0 saturated carbocycles. The third kappa shape index (κ3) is 2.77. The number of halogens is 3. The number of nitrogens with zero attached hydrogens (tertiary/aromatic N) is 4. The highest BCUT2D eigenvalue weighted by atomic mass is 35.5. The summed E-state index contributed by atoms with van der Waals surface area (Å²) >= 11 is 11.7. The highest BCUT2D eigenvalue weighted by molar-refractivity contribution is 6.33. The Morgan fingerprint density at radius 3 is 2.86 bits per heavy atom. The van der Waals surface area contributed by atoms with E-state index in [9.17, 15) is 4.39 Å². The molecule has 5 nitrogen and oxygen atoms in total. The van der Waals surface area contributed by atoms with Crippen LogP contribution >= 0.6 is 23.2 Å². The minimum Gasteiger partial charge on any atom is -0.486 e. The second-order valence-corrected chi connectivity index (χ2v) is 5.07. The standard InChI is InChI=1S/C13H9Cl2FN4O/c1-20-13-8(5-17-20)12(15)18-11(19-13)6-21-7-2-3-9(14)10(16)4-7/h2-5H,6H2,1H3. The zero-order valence-corrected chi connectivity index (χ0v) is 12.4. The average Bonchev–Trinajstić information content (AvgIpc) is 2.83. The van der Waals surface area contributed by atoms with Crippen molar-refractivity contribution in [2.45, 2.75) is 6.61 Å². The van der Waals surface area contributed by atoms with Crippen molar-refractivity contribution in [1.29, 1.82) is 0 Å². The van der Waals surface area contributed by atoms with E-state index < -0.39 is 5.82 Å². The molecule has 108 valence electrons. The number of fused-ring (bicyclic) bond motifs is 1. The molecule has 0 aliphatic heterocycles. The molecule has 8 heteroatoms. The first kappa shape index (κ1) is 14.0. The second-order valence-electron chi connectivity index (χ2n) is 4.30. The van der Waals surface area contributed by atoms with Crippen LogP contribution in [0, 0.1) is 5.82 Å². The van der Waals surface area contributed by atoms with Gasteiger partial charge >= 0.3 is 0 Å². The van der Waals surface area contributed by atoms with Crippen LogP contribution in [0.5, 0.6) is 5.75 Å². The number of benzene rings is 1. The molecule has 0 spiro atoms. The first-order valence-corrected chi connectivity index (χ1v) is 6.72. The van der Waals surface area contributed by atoms with Crippen molar-refractivity contribution in [3.05, 3.63) is 46.2 Å². The van der Waals surface area contributed by atoms with E-state index in [2.05, 4.69) is 15.1 Å². The maximum Gasteiger partial charge on any atom is 0.170 e. The summed E-state index contributed by atoms with van der Waals surface area (Å²) in [5.74, 6) is 0.170. The fourth-order valence-corrected chi connectivity index (χ4v) is 2.16. The van der Waals surface area contributed by atoms with Crippen molar-refractivity contribution in [2.75, 3.05) is 0 Å². The van der Waals surface area contributed by atoms with Gasteiger partial charge < -0.3 is 4.74 Å². The van der Waals surface area contributed by atoms with Crippen LogP contribution < -0.4 is 4.74 Å². The predicted octanol–water partition coefficient (Wildman–Crippen LogP) is 3.39. The Morgan fingerprint density at radius 1 is 1.29 bits per heavy atom. The molecule has 0 aliphatic carbocycles. The monoisotopic (exact) mass is 326 g/mol. The van der Waals surface area contributed by atoms with Gasteiger partial charge in [-0.1, -0.05) is 23.2 Å². The predicted molar refractivity (Wildman–Crippen MR) is 77.1 cm³/mol. The first-order valence-electron chi connectivity index (χ1n) is 5.96. The summed E-state index contributed by atoms with van der Waals surface area (Å²) in [6.07, 6.45) is 1.59. The molecule has 0 saturated heterocycles. The molecule has 3 rings (SSSR count). The van der Waals surface area contributed by atoms with E-state index in [0.29, 0.717) is 27.8 Å². The molecule has 0 N–H and O–H groups in total. The fourth-order valence-electron chi connectivity index (χ4n) is 1.81. The number of rotatable bonds is 3. The zero-order chi connectivity index (χ0) is 15.0. The Kier molecular flexibility index (Phi) is 3.65. The third-order valence-corrected chi connectivity index (χ3v) is 3.45. The molecule has 2 heterocycles. The van der Waals surface area contributed by atoms with Gasteiger partial charge in [0.05, 0.1) is 16.6 Å². The van der Waals surface area contributed by atoms with Gasteiger partial charge in [-0.25, -0.2) is 14.4 Å². The summed E-state index contributed by atoms with van der Waals surface area (Å²) in [6, 6.07) is 4.19. The van der Waals surface area contributed by atoms with Gasteiger partial charge in [0.1, 0.15) is 23.3 Å². The molecule has 0 radical (unpaired) electrons. The largest absolute Gasteiger partial charge is 0.486 e. The maximum atomic E-state index is 13.3. The lowest BCUT2D eigenvalue weighted by Gasteiger charge is -2.06. The highest BCUT2D eigenvalue weighted by Crippen LogP contribution is 2.22. The lowest BCUT2D eigenvalue weighted by Crippen LogP contribution is -2.04. The number of hydrogen-bond donors (Lipinski definition) is 0. The van der Waals surface area contributed by atoms with Gasteiger partial charge in [-0.3, -0.25) is 4.68 Å². The van der Waals surface area contributed by atoms with E-state index in [0.717, 1.165) is 0 Å². The molecular formula is C13H9Cl2FN4O. The summed E-state index contributed by atoms with van der Waals surface area (Å²) in [5.41, 5.74) is 0.607. The van der Waals surface area contributed by atoms with Crippen molar-refractivity contribution in [3.8, 4) is 5.75 Å². The van der Waals surface area contributed by atoms with Crippen molar-refractivity contribution in [3.63, 3.8) is 0 Å². The van der Waals surface area contributed by atoms with Crippen LogP contribution in [0.25, 0.3) is 11.0 Å². The van der Waals surface area contributed by atoms with Crippen LogP contribution in [0.1, 0.15) is 5.82 Å². The maximum absolute atomic E-state index is 13.3. The highest BCUT2D eigenvalue weighted by Gasteiger charge is 2.10. The van der Waals surface area contributed by atoms with Crippen LogP contribution in [0.4, 0.5) is 4.39 Å². The molecule has 2 aromatic heterocycles. The van der Waals surface area contributed by atoms with Gasteiger partial charge in [0.15, 0.2) is 11.5 Å². The zero-order valence-electron chi connectivity index (χ0n) is 10.8. The minimum absolute atomic E-state index is 0.0398. The van der Waals surface area contributed by atoms with Gasteiger partial charge in [0.25, 0.3) is 0 Å². The Bertz CT molecular complexity index is 821. The van der Waals surface area contributed by atoms with E-state index in [1.165, 1.54) is 12.1 Å². The number of ether oxygens (including phenoxy) is 1. The molecule has 0 fully saturated rings. The summed E-state index contributed by atoms with van der Waals surface area (Å²) in [7, 11) is 1.75. The quantitative estimate of drug-likeness (QED) is 0.692. The van der Waals surface area contributed by atoms with Crippen LogP contribution in [0.3, 0.4) is 0 Å². The summed E-state index contributed by atoms with van der Waals surface area (Å²) < 4.78 is 20.3. The molecule has 0 unspecified atom stereocenters. The minimum atomic E-state index is -0.546. The van der Waals surface area contributed by atoms with Crippen LogP contribution in [-0.2, 0) is 13.7 Å². The van der Waals surface area contributed by atoms with E-state index in [-0.39, 0.29) is 11.6 Å². The molecule has 0 aliphatic rings. The topological polar surface area (TPSA) is 52.8 Å². The van der Waals surface area contributed by atoms with Crippen molar-refractivity contribution in [2.24, 2.45) is 7.05 Å². The smallest absolute Gasteiger partial charge is 0.170 e. The van der Waals surface area contributed by atoms with E-state index >= 15 is 0 Å². The Hall–Kier alpha value is -1.92. The second kappa shape index (κ2) is 5.46. The number of aryl methyl sites for hydroxylation is 1. The third-order valence-electron chi connectivity index (χ3n) is 2.85. The van der Waals surface area contributed by atoms with Gasteiger partial charge in [-0.05, 0) is 12.1 Å². The molecule has 3 aromatic rings. The van der Waals surface area contributed by atoms with Crippen molar-refractivity contribution >= 4 is 34.2 Å². The molecule has 1 aromatic carbocycles. The molecule has 21 heavy (non-hydrogen) atoms. The van der Waals surface area contributed by atoms with Crippen LogP contribution in [0.15, 0.2) is 24.4 Å². The van der Waals surface area contributed by atoms with Gasteiger partial charge in [-0.2, -0.15) is 5.10 Å². The van der Waals surface area contributed by atoms with Crippen LogP contribution in [0.2, 0.25) is 10.2 Å². The molecule has 0 atom stereocenters. The summed E-state index contributed by atoms with van der Waals surface area (Å²) in [6.45, 7) is 0.0575. The number of aromatic nitrogens is 4. The summed E-state index contributed by atoms with van der Waals surface area (Å²) in [5, 5.41) is 5.07. The van der Waals surface area contributed by atoms with Gasteiger partial charge in [0.2, 0.25) is 0 Å². The van der Waals surface area contributed by atoms with E-state index in [4.69, 9.17) is 27.9 Å².